The van der Waals surface area contributed by atoms with Crippen molar-refractivity contribution >= 4 is 21.5 Å². The molecule has 0 unspecified atom stereocenters. The minimum atomic E-state index is -4.54. The number of benzene rings is 3. The molecule has 0 amide bonds. The summed E-state index contributed by atoms with van der Waals surface area (Å²) in [7, 11) is -2.21. The molecular formula is C27H26F3N3O4S. The molecule has 0 N–H and O–H groups in total. The number of nitrogens with zero attached hydrogens (tertiary/aromatic N) is 3. The Labute approximate surface area is 219 Å². The molecule has 0 saturated carbocycles. The van der Waals surface area contributed by atoms with Crippen LogP contribution in [0.15, 0.2) is 70.6 Å². The predicted molar refractivity (Wildman–Crippen MR) is 137 cm³/mol. The summed E-state index contributed by atoms with van der Waals surface area (Å²) in [6.07, 6.45) is -4.04. The summed E-state index contributed by atoms with van der Waals surface area (Å²) in [5.41, 5.74) is 0.415. The molecular weight excluding hydrogens is 519 g/mol. The number of sulfonamides is 1. The highest BCUT2D eigenvalue weighted by atomic mass is 32.2. The second kappa shape index (κ2) is 9.95. The van der Waals surface area contributed by atoms with Crippen molar-refractivity contribution in [2.45, 2.75) is 24.4 Å². The third-order valence-corrected chi connectivity index (χ3v) is 8.68. The van der Waals surface area contributed by atoms with Crippen LogP contribution in [0.3, 0.4) is 0 Å². The van der Waals surface area contributed by atoms with Crippen LogP contribution >= 0.6 is 0 Å². The molecule has 200 valence electrons. The van der Waals surface area contributed by atoms with Crippen LogP contribution in [0.5, 0.6) is 17.2 Å². The molecule has 11 heteroatoms. The molecule has 7 nitrogen and oxygen atoms in total. The maximum absolute atomic E-state index is 13.5. The van der Waals surface area contributed by atoms with Gasteiger partial charge in [-0.3, -0.25) is 0 Å². The van der Waals surface area contributed by atoms with E-state index in [1.807, 2.05) is 4.90 Å². The van der Waals surface area contributed by atoms with E-state index in [9.17, 15) is 21.6 Å². The van der Waals surface area contributed by atoms with Gasteiger partial charge < -0.3 is 14.4 Å². The number of rotatable bonds is 3. The number of ether oxygens (including phenoxy) is 2. The van der Waals surface area contributed by atoms with Crippen LogP contribution in [0.25, 0.3) is 0 Å². The van der Waals surface area contributed by atoms with Gasteiger partial charge in [0.25, 0.3) is 0 Å². The van der Waals surface area contributed by atoms with Crippen molar-refractivity contribution in [3.63, 3.8) is 0 Å². The Bertz CT molecular complexity index is 1510. The van der Waals surface area contributed by atoms with Gasteiger partial charge in [-0.1, -0.05) is 18.2 Å². The van der Waals surface area contributed by atoms with Crippen molar-refractivity contribution in [3.05, 3.63) is 77.4 Å². The van der Waals surface area contributed by atoms with Crippen LogP contribution in [-0.4, -0.2) is 56.7 Å². The molecule has 0 spiro atoms. The molecule has 3 aromatic rings. The zero-order chi connectivity index (χ0) is 27.1. The molecule has 1 saturated heterocycles. The Morgan fingerprint density at radius 1 is 0.947 bits per heavy atom. The zero-order valence-electron chi connectivity index (χ0n) is 20.8. The number of hydrogen-bond acceptors (Lipinski definition) is 6. The second-order valence-electron chi connectivity index (χ2n) is 9.09. The number of aryl methyl sites for hydroxylation is 1. The lowest BCUT2D eigenvalue weighted by Crippen LogP contribution is -2.37. The first-order valence-corrected chi connectivity index (χ1v) is 13.5. The van der Waals surface area contributed by atoms with Gasteiger partial charge in [-0.05, 0) is 61.4 Å². The third-order valence-electron chi connectivity index (χ3n) is 6.63. The van der Waals surface area contributed by atoms with Gasteiger partial charge in [-0.25, -0.2) is 13.4 Å². The minimum absolute atomic E-state index is 0.0404. The summed E-state index contributed by atoms with van der Waals surface area (Å²) < 4.78 is 80.1. The number of aliphatic imine (C=N–C) groups is 1. The van der Waals surface area contributed by atoms with Gasteiger partial charge in [0.15, 0.2) is 5.75 Å². The molecule has 0 radical (unpaired) electrons. The molecule has 3 aromatic carbocycles. The summed E-state index contributed by atoms with van der Waals surface area (Å²) in [4.78, 5) is 6.80. The summed E-state index contributed by atoms with van der Waals surface area (Å²) in [6, 6.07) is 15.1. The average molecular weight is 546 g/mol. The van der Waals surface area contributed by atoms with Gasteiger partial charge in [0.1, 0.15) is 23.0 Å². The van der Waals surface area contributed by atoms with Crippen LogP contribution in [0.2, 0.25) is 0 Å². The van der Waals surface area contributed by atoms with Gasteiger partial charge in [0.05, 0.1) is 23.1 Å². The molecule has 2 aliphatic heterocycles. The molecule has 2 aliphatic rings. The topological polar surface area (TPSA) is 71.4 Å². The lowest BCUT2D eigenvalue weighted by atomic mass is 10.1. The summed E-state index contributed by atoms with van der Waals surface area (Å²) in [5.74, 6) is 1.53. The van der Waals surface area contributed by atoms with Crippen LogP contribution in [0, 0.1) is 6.92 Å². The Morgan fingerprint density at radius 3 is 2.45 bits per heavy atom. The van der Waals surface area contributed by atoms with E-state index < -0.39 is 21.8 Å². The SMILES string of the molecule is COc1ccc2c(c1)C(N1CCCN(S(=O)(=O)c3ccccc3C)CC1)=Nc1cc(C(F)(F)F)ccc1O2. The maximum atomic E-state index is 13.5. The zero-order valence-corrected chi connectivity index (χ0v) is 21.6. The molecule has 38 heavy (non-hydrogen) atoms. The fraction of sp³-hybridized carbons (Fsp3) is 0.296. The Kier molecular flexibility index (Phi) is 6.83. The van der Waals surface area contributed by atoms with E-state index in [1.165, 1.54) is 17.5 Å². The first-order chi connectivity index (χ1) is 18.1. The standard InChI is InChI=1S/C27H26F3N3O4S/c1-18-6-3-4-7-25(18)38(34,35)33-13-5-12-32(14-15-33)26-21-17-20(36-2)9-11-23(21)37-24-10-8-19(27(28,29)30)16-22(24)31-26/h3-4,6-11,16-17H,5,12-15H2,1-2H3. The molecule has 0 atom stereocenters. The minimum Gasteiger partial charge on any atom is -0.497 e. The van der Waals surface area contributed by atoms with Crippen LogP contribution in [0.4, 0.5) is 18.9 Å². The van der Waals surface area contributed by atoms with Gasteiger partial charge >= 0.3 is 6.18 Å². The highest BCUT2D eigenvalue weighted by Crippen LogP contribution is 2.42. The first-order valence-electron chi connectivity index (χ1n) is 12.0. The normalized spacial score (nSPS) is 16.4. The van der Waals surface area contributed by atoms with Crippen molar-refractivity contribution in [1.82, 2.24) is 9.21 Å². The van der Waals surface area contributed by atoms with Crippen molar-refractivity contribution in [2.75, 3.05) is 33.3 Å². The van der Waals surface area contributed by atoms with Gasteiger partial charge in [-0.2, -0.15) is 17.5 Å². The van der Waals surface area contributed by atoms with E-state index in [0.29, 0.717) is 48.0 Å². The van der Waals surface area contributed by atoms with E-state index >= 15 is 0 Å². The largest absolute Gasteiger partial charge is 0.497 e. The molecule has 2 heterocycles. The monoisotopic (exact) mass is 545 g/mol. The molecule has 0 aromatic heterocycles. The summed E-state index contributed by atoms with van der Waals surface area (Å²) in [6.45, 7) is 2.98. The maximum Gasteiger partial charge on any atom is 0.416 e. The fourth-order valence-corrected chi connectivity index (χ4v) is 6.33. The highest BCUT2D eigenvalue weighted by Gasteiger charge is 2.33. The quantitative estimate of drug-likeness (QED) is 0.428. The molecule has 0 bridgehead atoms. The second-order valence-corrected chi connectivity index (χ2v) is 11.0. The van der Waals surface area contributed by atoms with E-state index in [-0.39, 0.29) is 29.4 Å². The Hall–Kier alpha value is -3.57. The van der Waals surface area contributed by atoms with E-state index in [4.69, 9.17) is 9.47 Å². The summed E-state index contributed by atoms with van der Waals surface area (Å²) >= 11 is 0. The van der Waals surface area contributed by atoms with Crippen molar-refractivity contribution in [1.29, 1.82) is 0 Å². The molecule has 1 fully saturated rings. The smallest absolute Gasteiger partial charge is 0.416 e. The van der Waals surface area contributed by atoms with Crippen LogP contribution in [0.1, 0.15) is 23.1 Å². The van der Waals surface area contributed by atoms with Gasteiger partial charge in [0, 0.05) is 26.2 Å². The lowest BCUT2D eigenvalue weighted by molar-refractivity contribution is -0.137. The lowest BCUT2D eigenvalue weighted by Gasteiger charge is -2.25. The summed E-state index contributed by atoms with van der Waals surface area (Å²) in [5, 5.41) is 0. The Balaban J connectivity index is 1.53. The van der Waals surface area contributed by atoms with Crippen LogP contribution < -0.4 is 9.47 Å². The highest BCUT2D eigenvalue weighted by molar-refractivity contribution is 7.89. The first kappa shape index (κ1) is 26.1. The molecule has 5 rings (SSSR count). The Morgan fingerprint density at radius 2 is 1.71 bits per heavy atom. The number of fused-ring (bicyclic) bond motifs is 2. The van der Waals surface area contributed by atoms with Crippen LogP contribution in [-0.2, 0) is 16.2 Å². The van der Waals surface area contributed by atoms with Crippen molar-refractivity contribution in [2.24, 2.45) is 4.99 Å². The number of methoxy groups -OCH3 is 1. The number of halogens is 3. The molecule has 0 aliphatic carbocycles. The fourth-order valence-electron chi connectivity index (χ4n) is 4.63. The van der Waals surface area contributed by atoms with Crippen molar-refractivity contribution in [3.8, 4) is 17.2 Å². The average Bonchev–Trinajstić information content (AvgIpc) is 3.23. The van der Waals surface area contributed by atoms with E-state index in [1.54, 1.807) is 49.4 Å². The number of amidine groups is 1. The number of hydrogen-bond donors (Lipinski definition) is 0. The van der Waals surface area contributed by atoms with E-state index in [2.05, 4.69) is 4.99 Å². The van der Waals surface area contributed by atoms with Gasteiger partial charge in [0.2, 0.25) is 10.0 Å². The predicted octanol–water partition coefficient (Wildman–Crippen LogP) is 5.60. The van der Waals surface area contributed by atoms with Gasteiger partial charge in [-0.15, -0.1) is 0 Å². The number of alkyl halides is 3. The van der Waals surface area contributed by atoms with E-state index in [0.717, 1.165) is 12.1 Å². The van der Waals surface area contributed by atoms with Crippen molar-refractivity contribution < 1.29 is 31.1 Å². The third kappa shape index (κ3) is 4.95.